The van der Waals surface area contributed by atoms with Crippen LogP contribution in [0.15, 0.2) is 0 Å². The van der Waals surface area contributed by atoms with E-state index in [2.05, 4.69) is 6.92 Å². The van der Waals surface area contributed by atoms with Crippen molar-refractivity contribution in [3.05, 3.63) is 0 Å². The van der Waals surface area contributed by atoms with Gasteiger partial charge in [-0.25, -0.2) is 8.42 Å². The number of carbonyl (C=O) groups excluding carboxylic acids is 1. The van der Waals surface area contributed by atoms with E-state index in [4.69, 9.17) is 5.73 Å². The maximum atomic E-state index is 12.0. The Morgan fingerprint density at radius 3 is 2.71 bits per heavy atom. The van der Waals surface area contributed by atoms with E-state index in [-0.39, 0.29) is 24.1 Å². The molecule has 2 atom stereocenters. The number of nitrogens with two attached hydrogens (primary N) is 1. The van der Waals surface area contributed by atoms with Crippen LogP contribution < -0.4 is 5.73 Å². The molecule has 2 unspecified atom stereocenters. The van der Waals surface area contributed by atoms with Gasteiger partial charge in [0.2, 0.25) is 5.91 Å². The van der Waals surface area contributed by atoms with Gasteiger partial charge in [0.15, 0.2) is 0 Å². The van der Waals surface area contributed by atoms with Gasteiger partial charge in [-0.1, -0.05) is 6.92 Å². The number of sulfone groups is 1. The first kappa shape index (κ1) is 14.4. The highest BCUT2D eigenvalue weighted by Crippen LogP contribution is 2.20. The van der Waals surface area contributed by atoms with Gasteiger partial charge in [-0.3, -0.25) is 4.79 Å². The molecule has 17 heavy (non-hydrogen) atoms. The summed E-state index contributed by atoms with van der Waals surface area (Å²) in [6.07, 6.45) is 4.36. The molecule has 1 heterocycles. The maximum absolute atomic E-state index is 12.0. The van der Waals surface area contributed by atoms with Crippen LogP contribution in [-0.4, -0.2) is 49.9 Å². The molecule has 1 aliphatic heterocycles. The predicted octanol–water partition coefficient (Wildman–Crippen LogP) is 0.149. The molecule has 0 aliphatic carbocycles. The molecular formula is C11H22N2O3S. The topological polar surface area (TPSA) is 80.5 Å². The van der Waals surface area contributed by atoms with E-state index in [9.17, 15) is 13.2 Å². The maximum Gasteiger partial charge on any atom is 0.239 e. The number of rotatable bonds is 5. The zero-order valence-corrected chi connectivity index (χ0v) is 11.4. The SMILES string of the molecule is CCC1CCCN1C(=O)C(N)CCS(C)(=O)=O. The molecule has 0 aromatic heterocycles. The zero-order chi connectivity index (χ0) is 13.1. The van der Waals surface area contributed by atoms with Crippen LogP contribution in [0.25, 0.3) is 0 Å². The summed E-state index contributed by atoms with van der Waals surface area (Å²) < 4.78 is 22.0. The lowest BCUT2D eigenvalue weighted by Gasteiger charge is -2.26. The summed E-state index contributed by atoms with van der Waals surface area (Å²) >= 11 is 0. The minimum absolute atomic E-state index is 0.0233. The first-order chi connectivity index (χ1) is 7.85. The van der Waals surface area contributed by atoms with Crippen molar-refractivity contribution in [1.82, 2.24) is 4.90 Å². The van der Waals surface area contributed by atoms with Crippen molar-refractivity contribution in [3.8, 4) is 0 Å². The Balaban J connectivity index is 2.51. The van der Waals surface area contributed by atoms with Crippen LogP contribution in [0.2, 0.25) is 0 Å². The summed E-state index contributed by atoms with van der Waals surface area (Å²) in [6, 6.07) is -0.399. The number of nitrogens with zero attached hydrogens (tertiary/aromatic N) is 1. The highest BCUT2D eigenvalue weighted by Gasteiger charge is 2.30. The van der Waals surface area contributed by atoms with E-state index in [1.54, 1.807) is 0 Å². The zero-order valence-electron chi connectivity index (χ0n) is 10.6. The van der Waals surface area contributed by atoms with Crippen molar-refractivity contribution in [3.63, 3.8) is 0 Å². The van der Waals surface area contributed by atoms with Gasteiger partial charge in [0.1, 0.15) is 9.84 Å². The molecule has 0 saturated carbocycles. The monoisotopic (exact) mass is 262 g/mol. The second-order valence-corrected chi connectivity index (χ2v) is 7.02. The fourth-order valence-corrected chi connectivity index (χ4v) is 2.91. The summed E-state index contributed by atoms with van der Waals surface area (Å²) in [4.78, 5) is 13.9. The van der Waals surface area contributed by atoms with Crippen LogP contribution in [0.4, 0.5) is 0 Å². The summed E-state index contributed by atoms with van der Waals surface area (Å²) in [7, 11) is -3.05. The van der Waals surface area contributed by atoms with E-state index in [0.29, 0.717) is 0 Å². The van der Waals surface area contributed by atoms with Gasteiger partial charge >= 0.3 is 0 Å². The average molecular weight is 262 g/mol. The van der Waals surface area contributed by atoms with E-state index < -0.39 is 15.9 Å². The summed E-state index contributed by atoms with van der Waals surface area (Å²) in [5.41, 5.74) is 5.77. The molecule has 6 heteroatoms. The Morgan fingerprint density at radius 1 is 1.53 bits per heavy atom. The molecule has 1 fully saturated rings. The van der Waals surface area contributed by atoms with Crippen molar-refractivity contribution in [2.75, 3.05) is 18.6 Å². The third-order valence-electron chi connectivity index (χ3n) is 3.25. The molecule has 0 aromatic rings. The fourth-order valence-electron chi connectivity index (χ4n) is 2.23. The summed E-state index contributed by atoms with van der Waals surface area (Å²) in [5, 5.41) is 0. The lowest BCUT2D eigenvalue weighted by atomic mass is 10.1. The Labute approximate surface area is 103 Å². The number of likely N-dealkylation sites (tertiary alicyclic amines) is 1. The molecule has 100 valence electrons. The van der Waals surface area contributed by atoms with Gasteiger partial charge in [-0.2, -0.15) is 0 Å². The fraction of sp³-hybridized carbons (Fsp3) is 0.909. The lowest BCUT2D eigenvalue weighted by Crippen LogP contribution is -2.46. The van der Waals surface area contributed by atoms with Gasteiger partial charge in [-0.05, 0) is 25.7 Å². The van der Waals surface area contributed by atoms with E-state index in [1.165, 1.54) is 0 Å². The lowest BCUT2D eigenvalue weighted by molar-refractivity contribution is -0.133. The Morgan fingerprint density at radius 2 is 2.18 bits per heavy atom. The van der Waals surface area contributed by atoms with Gasteiger partial charge in [0.25, 0.3) is 0 Å². The number of carbonyl (C=O) groups is 1. The molecule has 0 aromatic carbocycles. The minimum atomic E-state index is -3.05. The van der Waals surface area contributed by atoms with Crippen molar-refractivity contribution in [1.29, 1.82) is 0 Å². The van der Waals surface area contributed by atoms with Gasteiger partial charge < -0.3 is 10.6 Å². The smallest absolute Gasteiger partial charge is 0.239 e. The number of hydrogen-bond acceptors (Lipinski definition) is 4. The van der Waals surface area contributed by atoms with Crippen LogP contribution in [0.5, 0.6) is 0 Å². The van der Waals surface area contributed by atoms with Crippen LogP contribution in [0.1, 0.15) is 32.6 Å². The van der Waals surface area contributed by atoms with Gasteiger partial charge in [-0.15, -0.1) is 0 Å². The number of hydrogen-bond donors (Lipinski definition) is 1. The second kappa shape index (κ2) is 5.82. The molecule has 0 spiro atoms. The van der Waals surface area contributed by atoms with Crippen LogP contribution in [-0.2, 0) is 14.6 Å². The second-order valence-electron chi connectivity index (χ2n) is 4.76. The van der Waals surface area contributed by atoms with Crippen LogP contribution in [0, 0.1) is 0 Å². The number of amides is 1. The Bertz CT molecular complexity index is 367. The molecule has 0 bridgehead atoms. The van der Waals surface area contributed by atoms with Crippen molar-refractivity contribution >= 4 is 15.7 Å². The highest BCUT2D eigenvalue weighted by molar-refractivity contribution is 7.90. The van der Waals surface area contributed by atoms with Gasteiger partial charge in [0.05, 0.1) is 11.8 Å². The summed E-state index contributed by atoms with van der Waals surface area (Å²) in [5.74, 6) is -0.122. The molecule has 1 rings (SSSR count). The molecule has 5 nitrogen and oxygen atoms in total. The first-order valence-corrected chi connectivity index (χ1v) is 8.15. The molecular weight excluding hydrogens is 240 g/mol. The molecule has 1 aliphatic rings. The standard InChI is InChI=1S/C11H22N2O3S/c1-3-9-5-4-7-13(9)11(14)10(12)6-8-17(2,15)16/h9-10H,3-8,12H2,1-2H3. The third kappa shape index (κ3) is 4.27. The van der Waals surface area contributed by atoms with E-state index in [1.807, 2.05) is 4.90 Å². The first-order valence-electron chi connectivity index (χ1n) is 6.09. The highest BCUT2D eigenvalue weighted by atomic mass is 32.2. The largest absolute Gasteiger partial charge is 0.338 e. The predicted molar refractivity (Wildman–Crippen MR) is 67.3 cm³/mol. The van der Waals surface area contributed by atoms with Crippen molar-refractivity contribution < 1.29 is 13.2 Å². The van der Waals surface area contributed by atoms with Gasteiger partial charge in [0, 0.05) is 18.8 Å². The average Bonchev–Trinajstić information content (AvgIpc) is 2.71. The normalized spacial score (nSPS) is 22.8. The quantitative estimate of drug-likeness (QED) is 0.764. The van der Waals surface area contributed by atoms with Crippen molar-refractivity contribution in [2.45, 2.75) is 44.7 Å². The van der Waals surface area contributed by atoms with Crippen LogP contribution in [0.3, 0.4) is 0 Å². The molecule has 1 saturated heterocycles. The molecule has 0 radical (unpaired) electrons. The third-order valence-corrected chi connectivity index (χ3v) is 4.23. The Kier molecular flexibility index (Phi) is 4.94. The minimum Gasteiger partial charge on any atom is -0.338 e. The van der Waals surface area contributed by atoms with E-state index >= 15 is 0 Å². The Hall–Kier alpha value is -0.620. The molecule has 1 amide bonds. The van der Waals surface area contributed by atoms with Crippen LogP contribution >= 0.6 is 0 Å². The molecule has 2 N–H and O–H groups in total. The van der Waals surface area contributed by atoms with Crippen molar-refractivity contribution in [2.24, 2.45) is 5.73 Å². The van der Waals surface area contributed by atoms with E-state index in [0.717, 1.165) is 32.1 Å². The summed E-state index contributed by atoms with van der Waals surface area (Å²) in [6.45, 7) is 2.81.